The third kappa shape index (κ3) is 2.64. The SMILES string of the molecule is N#CN1CCN2CCN(c3ncc(-c4ccccc4)s3)C(=O)[C@H]2C1. The van der Waals surface area contributed by atoms with Crippen molar-refractivity contribution in [1.82, 2.24) is 14.8 Å². The number of aromatic nitrogens is 1. The molecule has 1 aromatic heterocycles. The predicted molar refractivity (Wildman–Crippen MR) is 92.5 cm³/mol. The van der Waals surface area contributed by atoms with Crippen molar-refractivity contribution in [2.45, 2.75) is 6.04 Å². The number of benzene rings is 1. The minimum absolute atomic E-state index is 0.0511. The molecule has 0 saturated carbocycles. The molecule has 2 aliphatic rings. The first-order valence-electron chi connectivity index (χ1n) is 7.97. The van der Waals surface area contributed by atoms with Gasteiger partial charge in [0.05, 0.1) is 11.4 Å². The van der Waals surface area contributed by atoms with E-state index in [1.807, 2.05) is 36.5 Å². The van der Waals surface area contributed by atoms with E-state index >= 15 is 0 Å². The minimum Gasteiger partial charge on any atom is -0.307 e. The van der Waals surface area contributed by atoms with Gasteiger partial charge in [-0.25, -0.2) is 4.98 Å². The van der Waals surface area contributed by atoms with Crippen LogP contribution in [-0.4, -0.2) is 59.5 Å². The molecule has 2 aliphatic heterocycles. The molecule has 122 valence electrons. The molecule has 2 aromatic rings. The molecule has 0 aliphatic carbocycles. The summed E-state index contributed by atoms with van der Waals surface area (Å²) in [6.07, 6.45) is 3.99. The van der Waals surface area contributed by atoms with Gasteiger partial charge in [-0.2, -0.15) is 5.26 Å². The molecular formula is C17H17N5OS. The Morgan fingerprint density at radius 1 is 1.17 bits per heavy atom. The topological polar surface area (TPSA) is 63.5 Å². The highest BCUT2D eigenvalue weighted by molar-refractivity contribution is 7.19. The van der Waals surface area contributed by atoms with E-state index in [0.29, 0.717) is 19.6 Å². The summed E-state index contributed by atoms with van der Waals surface area (Å²) in [7, 11) is 0. The van der Waals surface area contributed by atoms with Gasteiger partial charge in [-0.1, -0.05) is 41.7 Å². The number of anilines is 1. The molecule has 0 N–H and O–H groups in total. The van der Waals surface area contributed by atoms with Gasteiger partial charge in [0.25, 0.3) is 0 Å². The maximum absolute atomic E-state index is 12.9. The first kappa shape index (κ1) is 15.1. The van der Waals surface area contributed by atoms with Crippen molar-refractivity contribution in [3.63, 3.8) is 0 Å². The number of thiazole rings is 1. The van der Waals surface area contributed by atoms with Crippen LogP contribution in [0.2, 0.25) is 0 Å². The van der Waals surface area contributed by atoms with E-state index in [9.17, 15) is 4.79 Å². The zero-order valence-electron chi connectivity index (χ0n) is 13.1. The summed E-state index contributed by atoms with van der Waals surface area (Å²) in [5.74, 6) is 0.0511. The van der Waals surface area contributed by atoms with Crippen LogP contribution in [0, 0.1) is 11.5 Å². The number of rotatable bonds is 2. The van der Waals surface area contributed by atoms with Crippen molar-refractivity contribution < 1.29 is 4.79 Å². The molecule has 24 heavy (non-hydrogen) atoms. The lowest BCUT2D eigenvalue weighted by atomic mass is 10.1. The number of fused-ring (bicyclic) bond motifs is 1. The van der Waals surface area contributed by atoms with Gasteiger partial charge < -0.3 is 4.90 Å². The van der Waals surface area contributed by atoms with Gasteiger partial charge in [0, 0.05) is 32.4 Å². The molecule has 4 rings (SSSR count). The first-order chi connectivity index (χ1) is 11.8. The summed E-state index contributed by atoms with van der Waals surface area (Å²) < 4.78 is 0. The Kier molecular flexibility index (Phi) is 3.92. The highest BCUT2D eigenvalue weighted by atomic mass is 32.1. The lowest BCUT2D eigenvalue weighted by molar-refractivity contribution is -0.127. The van der Waals surface area contributed by atoms with Crippen molar-refractivity contribution in [3.05, 3.63) is 36.5 Å². The summed E-state index contributed by atoms with van der Waals surface area (Å²) in [6, 6.07) is 9.83. The Balaban J connectivity index is 1.56. The standard InChI is InChI=1S/C17H17N5OS/c18-12-20-6-7-21-8-9-22(16(23)14(21)11-20)17-19-10-15(24-17)13-4-2-1-3-5-13/h1-5,10,14H,6-9,11H2/t14-/m1/s1. The van der Waals surface area contributed by atoms with Gasteiger partial charge >= 0.3 is 0 Å². The molecule has 0 bridgehead atoms. The fourth-order valence-electron chi connectivity index (χ4n) is 3.25. The van der Waals surface area contributed by atoms with Crippen LogP contribution < -0.4 is 4.90 Å². The highest BCUT2D eigenvalue weighted by Crippen LogP contribution is 2.32. The van der Waals surface area contributed by atoms with E-state index in [0.717, 1.165) is 28.7 Å². The Labute approximate surface area is 144 Å². The molecule has 1 amide bonds. The van der Waals surface area contributed by atoms with Gasteiger partial charge in [0.1, 0.15) is 6.04 Å². The molecule has 6 nitrogen and oxygen atoms in total. The average molecular weight is 339 g/mol. The number of amides is 1. The van der Waals surface area contributed by atoms with Gasteiger partial charge in [-0.15, -0.1) is 0 Å². The van der Waals surface area contributed by atoms with Crippen molar-refractivity contribution in [2.24, 2.45) is 0 Å². The Hall–Kier alpha value is -2.43. The second-order valence-electron chi connectivity index (χ2n) is 5.96. The molecule has 2 saturated heterocycles. The molecular weight excluding hydrogens is 322 g/mol. The average Bonchev–Trinajstić information content (AvgIpc) is 3.12. The Bertz CT molecular complexity index is 784. The quantitative estimate of drug-likeness (QED) is 0.778. The van der Waals surface area contributed by atoms with E-state index in [4.69, 9.17) is 5.26 Å². The van der Waals surface area contributed by atoms with Gasteiger partial charge in [-0.3, -0.25) is 14.6 Å². The van der Waals surface area contributed by atoms with E-state index in [2.05, 4.69) is 16.1 Å². The summed E-state index contributed by atoms with van der Waals surface area (Å²) in [5, 5.41) is 9.85. The molecule has 1 atom stereocenters. The predicted octanol–water partition coefficient (Wildman–Crippen LogP) is 1.62. The van der Waals surface area contributed by atoms with Gasteiger partial charge in [0.15, 0.2) is 11.3 Å². The highest BCUT2D eigenvalue weighted by Gasteiger charge is 2.39. The monoisotopic (exact) mass is 339 g/mol. The van der Waals surface area contributed by atoms with E-state index in [1.165, 1.54) is 11.3 Å². The number of carbonyl (C=O) groups excluding carboxylic acids is 1. The van der Waals surface area contributed by atoms with E-state index in [1.54, 1.807) is 9.80 Å². The zero-order valence-corrected chi connectivity index (χ0v) is 13.9. The molecule has 7 heteroatoms. The van der Waals surface area contributed by atoms with Crippen LogP contribution in [-0.2, 0) is 4.79 Å². The van der Waals surface area contributed by atoms with Crippen molar-refractivity contribution in [3.8, 4) is 16.6 Å². The number of piperazine rings is 2. The largest absolute Gasteiger partial charge is 0.307 e. The maximum atomic E-state index is 12.9. The normalized spacial score (nSPS) is 21.5. The van der Waals surface area contributed by atoms with E-state index < -0.39 is 0 Å². The van der Waals surface area contributed by atoms with Crippen LogP contribution in [0.15, 0.2) is 36.5 Å². The van der Waals surface area contributed by atoms with Crippen LogP contribution in [0.25, 0.3) is 10.4 Å². The zero-order chi connectivity index (χ0) is 16.5. The fraction of sp³-hybridized carbons (Fsp3) is 0.353. The third-order valence-electron chi connectivity index (χ3n) is 4.58. The second-order valence-corrected chi connectivity index (χ2v) is 6.97. The van der Waals surface area contributed by atoms with Crippen LogP contribution in [0.3, 0.4) is 0 Å². The first-order valence-corrected chi connectivity index (χ1v) is 8.79. The smallest absolute Gasteiger partial charge is 0.248 e. The lowest BCUT2D eigenvalue weighted by Crippen LogP contribution is -2.64. The van der Waals surface area contributed by atoms with Crippen molar-refractivity contribution in [2.75, 3.05) is 37.6 Å². The number of hydrogen-bond donors (Lipinski definition) is 0. The summed E-state index contributed by atoms with van der Waals surface area (Å²) in [5.41, 5.74) is 1.11. The number of nitriles is 1. The molecule has 0 spiro atoms. The summed E-state index contributed by atoms with van der Waals surface area (Å²) in [6.45, 7) is 3.43. The molecule has 1 aromatic carbocycles. The fourth-order valence-corrected chi connectivity index (χ4v) is 4.20. The van der Waals surface area contributed by atoms with Crippen LogP contribution in [0.4, 0.5) is 5.13 Å². The van der Waals surface area contributed by atoms with Crippen LogP contribution in [0.1, 0.15) is 0 Å². The van der Waals surface area contributed by atoms with Crippen LogP contribution >= 0.6 is 11.3 Å². The third-order valence-corrected chi connectivity index (χ3v) is 5.65. The molecule has 0 radical (unpaired) electrons. The Morgan fingerprint density at radius 2 is 1.96 bits per heavy atom. The Morgan fingerprint density at radius 3 is 2.75 bits per heavy atom. The summed E-state index contributed by atoms with van der Waals surface area (Å²) in [4.78, 5) is 24.0. The van der Waals surface area contributed by atoms with Crippen molar-refractivity contribution >= 4 is 22.4 Å². The summed E-state index contributed by atoms with van der Waals surface area (Å²) >= 11 is 1.54. The number of hydrogen-bond acceptors (Lipinski definition) is 6. The van der Waals surface area contributed by atoms with Crippen LogP contribution in [0.5, 0.6) is 0 Å². The lowest BCUT2D eigenvalue weighted by Gasteiger charge is -2.44. The second kappa shape index (κ2) is 6.23. The number of nitrogens with zero attached hydrogens (tertiary/aromatic N) is 5. The molecule has 3 heterocycles. The molecule has 2 fully saturated rings. The van der Waals surface area contributed by atoms with Crippen molar-refractivity contribution in [1.29, 1.82) is 5.26 Å². The number of carbonyl (C=O) groups is 1. The van der Waals surface area contributed by atoms with E-state index in [-0.39, 0.29) is 11.9 Å². The maximum Gasteiger partial charge on any atom is 0.248 e. The molecule has 0 unspecified atom stereocenters. The van der Waals surface area contributed by atoms with Gasteiger partial charge in [-0.05, 0) is 5.56 Å². The minimum atomic E-state index is -0.240. The van der Waals surface area contributed by atoms with Gasteiger partial charge in [0.2, 0.25) is 5.91 Å².